The largest absolute Gasteiger partial charge is 0.388 e. The summed E-state index contributed by atoms with van der Waals surface area (Å²) in [4.78, 5) is 13.3. The molecule has 0 saturated carbocycles. The van der Waals surface area contributed by atoms with E-state index in [-0.39, 0.29) is 5.91 Å². The minimum atomic E-state index is -0.400. The van der Waals surface area contributed by atoms with Gasteiger partial charge in [0.25, 0.3) is 0 Å². The molecule has 0 aliphatic carbocycles. The van der Waals surface area contributed by atoms with E-state index < -0.39 is 6.10 Å². The molecule has 1 aromatic carbocycles. The molecule has 2 rings (SSSR count). The summed E-state index contributed by atoms with van der Waals surface area (Å²) >= 11 is 0. The first-order valence-corrected chi connectivity index (χ1v) is 6.71. The van der Waals surface area contributed by atoms with Crippen molar-refractivity contribution in [2.24, 2.45) is 0 Å². The fraction of sp³-hybridized carbons (Fsp3) is 0.533. The van der Waals surface area contributed by atoms with E-state index in [2.05, 4.69) is 6.92 Å². The number of hydrogen-bond acceptors (Lipinski definition) is 2. The lowest BCUT2D eigenvalue weighted by molar-refractivity contribution is -0.117. The molecular formula is C15H21NO2. The minimum absolute atomic E-state index is 0.127. The lowest BCUT2D eigenvalue weighted by Crippen LogP contribution is -2.20. The van der Waals surface area contributed by atoms with Gasteiger partial charge in [0.2, 0.25) is 5.91 Å². The molecule has 1 aromatic rings. The number of hydrogen-bond donors (Lipinski definition) is 1. The van der Waals surface area contributed by atoms with E-state index in [1.54, 1.807) is 11.9 Å². The number of benzene rings is 1. The maximum absolute atomic E-state index is 11.6. The van der Waals surface area contributed by atoms with E-state index in [4.69, 9.17) is 0 Å². The maximum Gasteiger partial charge on any atom is 0.231 e. The highest BCUT2D eigenvalue weighted by Crippen LogP contribution is 2.31. The molecule has 0 bridgehead atoms. The average molecular weight is 247 g/mol. The number of nitrogens with zero attached hydrogens (tertiary/aromatic N) is 1. The van der Waals surface area contributed by atoms with Crippen molar-refractivity contribution < 1.29 is 9.90 Å². The molecule has 0 fully saturated rings. The molecule has 0 spiro atoms. The second-order valence-electron chi connectivity index (χ2n) is 5.03. The van der Waals surface area contributed by atoms with Crippen LogP contribution in [0.25, 0.3) is 0 Å². The molecular weight excluding hydrogens is 226 g/mol. The molecule has 1 unspecified atom stereocenters. The van der Waals surface area contributed by atoms with E-state index in [1.165, 1.54) is 0 Å². The Labute approximate surface area is 108 Å². The van der Waals surface area contributed by atoms with Crippen molar-refractivity contribution in [1.82, 2.24) is 0 Å². The third-order valence-corrected chi connectivity index (χ3v) is 3.65. The first kappa shape index (κ1) is 13.1. The number of rotatable bonds is 5. The van der Waals surface area contributed by atoms with Crippen LogP contribution >= 0.6 is 0 Å². The Morgan fingerprint density at radius 3 is 2.89 bits per heavy atom. The topological polar surface area (TPSA) is 40.5 Å². The first-order valence-electron chi connectivity index (χ1n) is 6.71. The van der Waals surface area contributed by atoms with Crippen molar-refractivity contribution in [3.8, 4) is 0 Å². The molecule has 1 heterocycles. The number of amides is 1. The molecule has 0 saturated heterocycles. The lowest BCUT2D eigenvalue weighted by Gasteiger charge is -2.14. The number of fused-ring (bicyclic) bond motifs is 1. The van der Waals surface area contributed by atoms with Crippen LogP contribution < -0.4 is 4.90 Å². The zero-order chi connectivity index (χ0) is 13.1. The van der Waals surface area contributed by atoms with Gasteiger partial charge in [0, 0.05) is 12.7 Å². The molecule has 1 N–H and O–H groups in total. The van der Waals surface area contributed by atoms with Crippen LogP contribution in [0.2, 0.25) is 0 Å². The molecule has 1 atom stereocenters. The maximum atomic E-state index is 11.6. The summed E-state index contributed by atoms with van der Waals surface area (Å²) in [5.41, 5.74) is 2.95. The van der Waals surface area contributed by atoms with E-state index in [9.17, 15) is 9.90 Å². The molecule has 0 aromatic heterocycles. The highest BCUT2D eigenvalue weighted by Gasteiger charge is 2.24. The van der Waals surface area contributed by atoms with Gasteiger partial charge >= 0.3 is 0 Å². The Bertz CT molecular complexity index is 442. The lowest BCUT2D eigenvalue weighted by atomic mass is 10.00. The van der Waals surface area contributed by atoms with Crippen LogP contribution in [-0.2, 0) is 11.2 Å². The number of carbonyl (C=O) groups is 1. The third-order valence-electron chi connectivity index (χ3n) is 3.65. The predicted molar refractivity (Wildman–Crippen MR) is 72.7 cm³/mol. The molecule has 1 amide bonds. The van der Waals surface area contributed by atoms with Crippen molar-refractivity contribution in [2.45, 2.75) is 45.1 Å². The number of anilines is 1. The van der Waals surface area contributed by atoms with Gasteiger partial charge in [0.15, 0.2) is 0 Å². The summed E-state index contributed by atoms with van der Waals surface area (Å²) in [6.07, 6.45) is 4.23. The fourth-order valence-corrected chi connectivity index (χ4v) is 2.45. The van der Waals surface area contributed by atoms with Crippen molar-refractivity contribution in [3.05, 3.63) is 29.3 Å². The van der Waals surface area contributed by atoms with E-state index in [0.29, 0.717) is 6.42 Å². The molecule has 0 radical (unpaired) electrons. The van der Waals surface area contributed by atoms with Crippen molar-refractivity contribution in [2.75, 3.05) is 11.9 Å². The number of likely N-dealkylation sites (N-methyl/N-ethyl adjacent to an activating group) is 1. The quantitative estimate of drug-likeness (QED) is 0.813. The zero-order valence-electron chi connectivity index (χ0n) is 11.1. The molecule has 98 valence electrons. The normalized spacial score (nSPS) is 15.9. The smallest absolute Gasteiger partial charge is 0.231 e. The van der Waals surface area contributed by atoms with E-state index >= 15 is 0 Å². The Hall–Kier alpha value is -1.35. The Morgan fingerprint density at radius 1 is 1.39 bits per heavy atom. The van der Waals surface area contributed by atoms with E-state index in [1.807, 2.05) is 18.2 Å². The Balaban J connectivity index is 2.08. The minimum Gasteiger partial charge on any atom is -0.388 e. The molecule has 3 heteroatoms. The highest BCUT2D eigenvalue weighted by atomic mass is 16.3. The van der Waals surface area contributed by atoms with Crippen molar-refractivity contribution in [1.29, 1.82) is 0 Å². The van der Waals surface area contributed by atoms with Crippen LogP contribution in [0.1, 0.15) is 49.8 Å². The summed E-state index contributed by atoms with van der Waals surface area (Å²) in [6, 6.07) is 5.86. The van der Waals surface area contributed by atoms with Gasteiger partial charge in [-0.05, 0) is 23.6 Å². The number of unbranched alkanes of at least 4 members (excludes halogenated alkanes) is 2. The van der Waals surface area contributed by atoms with Crippen LogP contribution in [0, 0.1) is 0 Å². The zero-order valence-corrected chi connectivity index (χ0v) is 11.1. The fourth-order valence-electron chi connectivity index (χ4n) is 2.45. The highest BCUT2D eigenvalue weighted by molar-refractivity contribution is 6.00. The summed E-state index contributed by atoms with van der Waals surface area (Å²) < 4.78 is 0. The van der Waals surface area contributed by atoms with Gasteiger partial charge in [-0.15, -0.1) is 0 Å². The molecule has 1 aliphatic rings. The van der Waals surface area contributed by atoms with Crippen molar-refractivity contribution in [3.63, 3.8) is 0 Å². The number of carbonyl (C=O) groups excluding carboxylic acids is 1. The van der Waals surface area contributed by atoms with Gasteiger partial charge in [0.1, 0.15) is 0 Å². The first-order chi connectivity index (χ1) is 8.63. The van der Waals surface area contributed by atoms with E-state index in [0.717, 1.165) is 42.5 Å². The van der Waals surface area contributed by atoms with Crippen molar-refractivity contribution >= 4 is 11.6 Å². The third kappa shape index (κ3) is 2.56. The molecule has 1 aliphatic heterocycles. The van der Waals surface area contributed by atoms with Gasteiger partial charge in [-0.1, -0.05) is 38.3 Å². The summed E-state index contributed by atoms with van der Waals surface area (Å²) in [7, 11) is 1.80. The van der Waals surface area contributed by atoms with Crippen LogP contribution in [0.5, 0.6) is 0 Å². The Morgan fingerprint density at radius 2 is 2.17 bits per heavy atom. The van der Waals surface area contributed by atoms with Crippen LogP contribution in [0.4, 0.5) is 5.69 Å². The standard InChI is InChI=1S/C15H21NO2/c1-3-4-5-6-14(17)11-7-8-13-12(9-11)10-15(18)16(13)2/h7-9,14,17H,3-6,10H2,1-2H3. The summed E-state index contributed by atoms with van der Waals surface area (Å²) in [5, 5.41) is 10.1. The summed E-state index contributed by atoms with van der Waals surface area (Å²) in [5.74, 6) is 0.127. The van der Waals surface area contributed by atoms with Crippen LogP contribution in [0.3, 0.4) is 0 Å². The molecule has 3 nitrogen and oxygen atoms in total. The summed E-state index contributed by atoms with van der Waals surface area (Å²) in [6.45, 7) is 2.16. The number of aliphatic hydroxyl groups is 1. The van der Waals surface area contributed by atoms with Gasteiger partial charge in [-0.3, -0.25) is 4.79 Å². The second-order valence-corrected chi connectivity index (χ2v) is 5.03. The van der Waals surface area contributed by atoms with Gasteiger partial charge in [-0.25, -0.2) is 0 Å². The van der Waals surface area contributed by atoms with Gasteiger partial charge in [-0.2, -0.15) is 0 Å². The van der Waals surface area contributed by atoms with Gasteiger partial charge < -0.3 is 10.0 Å². The number of aliphatic hydroxyl groups excluding tert-OH is 1. The second kappa shape index (κ2) is 5.53. The van der Waals surface area contributed by atoms with Crippen LogP contribution in [-0.4, -0.2) is 18.1 Å². The predicted octanol–water partition coefficient (Wildman–Crippen LogP) is 2.82. The Kier molecular flexibility index (Phi) is 4.02. The monoisotopic (exact) mass is 247 g/mol. The SMILES string of the molecule is CCCCCC(O)c1ccc2c(c1)CC(=O)N2C. The van der Waals surface area contributed by atoms with Gasteiger partial charge in [0.05, 0.1) is 12.5 Å². The molecule has 18 heavy (non-hydrogen) atoms. The van der Waals surface area contributed by atoms with Crippen LogP contribution in [0.15, 0.2) is 18.2 Å². The average Bonchev–Trinajstić information content (AvgIpc) is 2.65.